The van der Waals surface area contributed by atoms with Gasteiger partial charge >= 0.3 is 0 Å². The molecule has 1 unspecified atom stereocenters. The lowest BCUT2D eigenvalue weighted by molar-refractivity contribution is -0.117. The van der Waals surface area contributed by atoms with Gasteiger partial charge in [-0.15, -0.1) is 0 Å². The zero-order valence-electron chi connectivity index (χ0n) is 9.47. The van der Waals surface area contributed by atoms with E-state index in [0.717, 1.165) is 16.5 Å². The maximum Gasteiger partial charge on any atom is 0.241 e. The summed E-state index contributed by atoms with van der Waals surface area (Å²) in [6.45, 7) is 1.58. The number of benzene rings is 2. The van der Waals surface area contributed by atoms with Crippen molar-refractivity contribution in [2.24, 2.45) is 5.92 Å². The summed E-state index contributed by atoms with van der Waals surface area (Å²) in [5.74, 6) is -0.913. The van der Waals surface area contributed by atoms with Crippen LogP contribution in [0, 0.1) is 17.2 Å². The second-order valence-electron chi connectivity index (χ2n) is 3.90. The minimum atomic E-state index is -0.638. The Morgan fingerprint density at radius 3 is 2.65 bits per heavy atom. The Morgan fingerprint density at radius 2 is 1.94 bits per heavy atom. The molecule has 0 aliphatic carbocycles. The molecule has 0 bridgehead atoms. The van der Waals surface area contributed by atoms with E-state index in [0.29, 0.717) is 0 Å². The van der Waals surface area contributed by atoms with E-state index < -0.39 is 5.92 Å². The van der Waals surface area contributed by atoms with Crippen molar-refractivity contribution in [2.75, 3.05) is 5.32 Å². The van der Waals surface area contributed by atoms with E-state index in [1.807, 2.05) is 48.5 Å². The summed E-state index contributed by atoms with van der Waals surface area (Å²) in [7, 11) is 0. The second kappa shape index (κ2) is 4.67. The van der Waals surface area contributed by atoms with Crippen LogP contribution in [0.25, 0.3) is 10.8 Å². The number of nitriles is 1. The van der Waals surface area contributed by atoms with Crippen molar-refractivity contribution in [2.45, 2.75) is 6.92 Å². The van der Waals surface area contributed by atoms with Gasteiger partial charge in [0.1, 0.15) is 5.92 Å². The maximum atomic E-state index is 11.5. The van der Waals surface area contributed by atoms with Gasteiger partial charge in [-0.3, -0.25) is 4.79 Å². The molecule has 0 saturated heterocycles. The van der Waals surface area contributed by atoms with Crippen LogP contribution >= 0.6 is 0 Å². The lowest BCUT2D eigenvalue weighted by atomic mass is 10.1. The fourth-order valence-corrected chi connectivity index (χ4v) is 1.58. The Balaban J connectivity index is 2.26. The van der Waals surface area contributed by atoms with Gasteiger partial charge in [0.15, 0.2) is 0 Å². The molecular weight excluding hydrogens is 212 g/mol. The predicted octanol–water partition coefficient (Wildman–Crippen LogP) is 2.94. The molecule has 0 heterocycles. The molecule has 3 heteroatoms. The zero-order valence-corrected chi connectivity index (χ0v) is 9.47. The van der Waals surface area contributed by atoms with Crippen LogP contribution in [0.3, 0.4) is 0 Å². The third-order valence-corrected chi connectivity index (χ3v) is 2.60. The van der Waals surface area contributed by atoms with Crippen LogP contribution in [0.1, 0.15) is 6.92 Å². The molecule has 2 aromatic carbocycles. The maximum absolute atomic E-state index is 11.5. The molecule has 1 N–H and O–H groups in total. The molecule has 0 aliphatic rings. The summed E-state index contributed by atoms with van der Waals surface area (Å²) in [6.07, 6.45) is 0. The second-order valence-corrected chi connectivity index (χ2v) is 3.90. The van der Waals surface area contributed by atoms with Crippen LogP contribution in [0.15, 0.2) is 42.5 Å². The molecule has 0 spiro atoms. The molecule has 3 nitrogen and oxygen atoms in total. The van der Waals surface area contributed by atoms with Crippen molar-refractivity contribution in [3.8, 4) is 6.07 Å². The molecular formula is C14H12N2O. The number of hydrogen-bond acceptors (Lipinski definition) is 2. The molecule has 84 valence electrons. The fourth-order valence-electron chi connectivity index (χ4n) is 1.58. The Labute approximate surface area is 99.7 Å². The highest BCUT2D eigenvalue weighted by Gasteiger charge is 2.11. The van der Waals surface area contributed by atoms with Crippen LogP contribution < -0.4 is 5.32 Å². The van der Waals surface area contributed by atoms with Crippen molar-refractivity contribution < 1.29 is 4.79 Å². The van der Waals surface area contributed by atoms with Crippen molar-refractivity contribution in [1.82, 2.24) is 0 Å². The van der Waals surface area contributed by atoms with E-state index in [2.05, 4.69) is 5.32 Å². The van der Waals surface area contributed by atoms with E-state index in [9.17, 15) is 4.79 Å². The average molecular weight is 224 g/mol. The van der Waals surface area contributed by atoms with Gasteiger partial charge in [-0.1, -0.05) is 30.3 Å². The third-order valence-electron chi connectivity index (χ3n) is 2.60. The first-order valence-corrected chi connectivity index (χ1v) is 5.40. The highest BCUT2D eigenvalue weighted by molar-refractivity contribution is 5.96. The number of anilines is 1. The Bertz CT molecular complexity index is 598. The fraction of sp³-hybridized carbons (Fsp3) is 0.143. The van der Waals surface area contributed by atoms with Gasteiger partial charge in [0.2, 0.25) is 5.91 Å². The largest absolute Gasteiger partial charge is 0.325 e. The van der Waals surface area contributed by atoms with Gasteiger partial charge in [-0.25, -0.2) is 0 Å². The number of fused-ring (bicyclic) bond motifs is 1. The van der Waals surface area contributed by atoms with Gasteiger partial charge in [-0.2, -0.15) is 5.26 Å². The molecule has 1 atom stereocenters. The van der Waals surface area contributed by atoms with E-state index in [4.69, 9.17) is 5.26 Å². The third kappa shape index (κ3) is 2.43. The van der Waals surface area contributed by atoms with Gasteiger partial charge < -0.3 is 5.32 Å². The van der Waals surface area contributed by atoms with Crippen LogP contribution in [-0.2, 0) is 4.79 Å². The van der Waals surface area contributed by atoms with E-state index in [1.54, 1.807) is 6.92 Å². The lowest BCUT2D eigenvalue weighted by Crippen LogP contribution is -2.18. The van der Waals surface area contributed by atoms with E-state index >= 15 is 0 Å². The molecule has 1 amide bonds. The molecule has 2 aromatic rings. The summed E-state index contributed by atoms with van der Waals surface area (Å²) in [6, 6.07) is 15.5. The van der Waals surface area contributed by atoms with E-state index in [1.165, 1.54) is 0 Å². The number of amides is 1. The summed E-state index contributed by atoms with van der Waals surface area (Å²) >= 11 is 0. The van der Waals surface area contributed by atoms with Crippen molar-refractivity contribution in [3.63, 3.8) is 0 Å². The Kier molecular flexibility index (Phi) is 3.06. The number of rotatable bonds is 2. The van der Waals surface area contributed by atoms with Crippen LogP contribution in [0.4, 0.5) is 5.69 Å². The molecule has 0 aromatic heterocycles. The van der Waals surface area contributed by atoms with Crippen LogP contribution in [0.2, 0.25) is 0 Å². The number of nitrogens with one attached hydrogen (secondary N) is 1. The molecule has 0 fully saturated rings. The Hall–Kier alpha value is -2.34. The first kappa shape index (κ1) is 11.2. The number of carbonyl (C=O) groups excluding carboxylic acids is 1. The minimum Gasteiger partial charge on any atom is -0.325 e. The van der Waals surface area contributed by atoms with Crippen molar-refractivity contribution >= 4 is 22.4 Å². The predicted molar refractivity (Wildman–Crippen MR) is 67.4 cm³/mol. The molecule has 0 radical (unpaired) electrons. The van der Waals surface area contributed by atoms with Gasteiger partial charge in [0.25, 0.3) is 0 Å². The van der Waals surface area contributed by atoms with Gasteiger partial charge in [-0.05, 0) is 29.8 Å². The summed E-state index contributed by atoms with van der Waals surface area (Å²) in [5.41, 5.74) is 0.718. The summed E-state index contributed by atoms with van der Waals surface area (Å²) in [4.78, 5) is 11.5. The smallest absolute Gasteiger partial charge is 0.241 e. The summed E-state index contributed by atoms with van der Waals surface area (Å²) in [5, 5.41) is 13.6. The summed E-state index contributed by atoms with van der Waals surface area (Å²) < 4.78 is 0. The molecule has 0 saturated carbocycles. The molecule has 2 rings (SSSR count). The first-order valence-electron chi connectivity index (χ1n) is 5.40. The van der Waals surface area contributed by atoms with Gasteiger partial charge in [0.05, 0.1) is 6.07 Å². The normalized spacial score (nSPS) is 11.8. The number of carbonyl (C=O) groups is 1. The number of nitrogens with zero attached hydrogens (tertiary/aromatic N) is 1. The minimum absolute atomic E-state index is 0.275. The van der Waals surface area contributed by atoms with Gasteiger partial charge in [0, 0.05) is 5.69 Å². The van der Waals surface area contributed by atoms with E-state index in [-0.39, 0.29) is 5.91 Å². The van der Waals surface area contributed by atoms with Crippen molar-refractivity contribution in [1.29, 1.82) is 5.26 Å². The van der Waals surface area contributed by atoms with Crippen molar-refractivity contribution in [3.05, 3.63) is 42.5 Å². The standard InChI is InChI=1S/C14H12N2O/c1-10(9-15)14(17)16-13-7-6-11-4-2-3-5-12(11)8-13/h2-8,10H,1H3,(H,16,17). The quantitative estimate of drug-likeness (QED) is 0.852. The SMILES string of the molecule is CC(C#N)C(=O)Nc1ccc2ccccc2c1. The average Bonchev–Trinajstić information content (AvgIpc) is 2.37. The number of hydrogen-bond donors (Lipinski definition) is 1. The highest BCUT2D eigenvalue weighted by Crippen LogP contribution is 2.19. The Morgan fingerprint density at radius 1 is 1.24 bits per heavy atom. The molecule has 0 aliphatic heterocycles. The zero-order chi connectivity index (χ0) is 12.3. The monoisotopic (exact) mass is 224 g/mol. The molecule has 17 heavy (non-hydrogen) atoms. The lowest BCUT2D eigenvalue weighted by Gasteiger charge is -2.07. The van der Waals surface area contributed by atoms with Crippen LogP contribution in [-0.4, -0.2) is 5.91 Å². The van der Waals surface area contributed by atoms with Crippen LogP contribution in [0.5, 0.6) is 0 Å². The first-order chi connectivity index (χ1) is 8.20. The highest BCUT2D eigenvalue weighted by atomic mass is 16.1. The topological polar surface area (TPSA) is 52.9 Å².